The summed E-state index contributed by atoms with van der Waals surface area (Å²) in [5.41, 5.74) is 4.04. The van der Waals surface area contributed by atoms with E-state index < -0.39 is 0 Å². The lowest BCUT2D eigenvalue weighted by Gasteiger charge is -2.21. The third-order valence-electron chi connectivity index (χ3n) is 5.29. The number of benzene rings is 2. The van der Waals surface area contributed by atoms with Crippen LogP contribution in [0.1, 0.15) is 31.9 Å². The molecule has 0 saturated heterocycles. The van der Waals surface area contributed by atoms with Gasteiger partial charge in [0.1, 0.15) is 16.9 Å². The Balaban J connectivity index is 1.93. The first-order valence-electron chi connectivity index (χ1n) is 9.42. The van der Waals surface area contributed by atoms with Gasteiger partial charge in [0.05, 0.1) is 5.69 Å². The summed E-state index contributed by atoms with van der Waals surface area (Å²) in [6.07, 6.45) is 3.35. The second-order valence-corrected chi connectivity index (χ2v) is 10.1. The SMILES string of the molecule is C=Cc1c(O)ccc2sc3ncnc(-c4cc(C(C)(C)C)c5sccc5c4)c3c12. The fourth-order valence-corrected chi connectivity index (χ4v) is 6.07. The summed E-state index contributed by atoms with van der Waals surface area (Å²) < 4.78 is 2.40. The number of hydrogen-bond donors (Lipinski definition) is 1. The van der Waals surface area contributed by atoms with Gasteiger partial charge in [-0.15, -0.1) is 22.7 Å². The minimum absolute atomic E-state index is 0.0204. The molecule has 0 bridgehead atoms. The molecular weight excluding hydrogens is 396 g/mol. The highest BCUT2D eigenvalue weighted by molar-refractivity contribution is 7.25. The lowest BCUT2D eigenvalue weighted by atomic mass is 9.85. The van der Waals surface area contributed by atoms with Crippen LogP contribution in [0.15, 0.2) is 48.6 Å². The fraction of sp³-hybridized carbons (Fsp3) is 0.167. The molecular formula is C24H20N2OS2. The third-order valence-corrected chi connectivity index (χ3v) is 7.32. The maximum absolute atomic E-state index is 10.4. The van der Waals surface area contributed by atoms with E-state index in [1.807, 2.05) is 6.07 Å². The number of thiophene rings is 2. The van der Waals surface area contributed by atoms with Gasteiger partial charge in [-0.25, -0.2) is 9.97 Å². The Morgan fingerprint density at radius 2 is 1.90 bits per heavy atom. The lowest BCUT2D eigenvalue weighted by molar-refractivity contribution is 0.475. The van der Waals surface area contributed by atoms with Crippen LogP contribution >= 0.6 is 22.7 Å². The Morgan fingerprint density at radius 3 is 2.66 bits per heavy atom. The summed E-state index contributed by atoms with van der Waals surface area (Å²) in [5, 5.41) is 15.7. The van der Waals surface area contributed by atoms with Crippen LogP contribution in [0.3, 0.4) is 0 Å². The monoisotopic (exact) mass is 416 g/mol. The predicted molar refractivity (Wildman–Crippen MR) is 126 cm³/mol. The summed E-state index contributed by atoms with van der Waals surface area (Å²) in [7, 11) is 0. The van der Waals surface area contributed by atoms with E-state index >= 15 is 0 Å². The number of rotatable bonds is 2. The van der Waals surface area contributed by atoms with Crippen LogP contribution in [0, 0.1) is 0 Å². The molecule has 2 aromatic carbocycles. The van der Waals surface area contributed by atoms with Crippen LogP contribution < -0.4 is 0 Å². The van der Waals surface area contributed by atoms with E-state index in [1.165, 1.54) is 15.6 Å². The Labute approximate surface area is 177 Å². The summed E-state index contributed by atoms with van der Waals surface area (Å²) in [6.45, 7) is 10.7. The number of fused-ring (bicyclic) bond motifs is 4. The first-order valence-corrected chi connectivity index (χ1v) is 11.1. The zero-order chi connectivity index (χ0) is 20.3. The van der Waals surface area contributed by atoms with Gasteiger partial charge in [-0.1, -0.05) is 33.4 Å². The van der Waals surface area contributed by atoms with Crippen molar-refractivity contribution in [1.29, 1.82) is 0 Å². The second-order valence-electron chi connectivity index (χ2n) is 8.19. The Hall–Kier alpha value is -2.76. The molecule has 3 heterocycles. The topological polar surface area (TPSA) is 46.0 Å². The average molecular weight is 417 g/mol. The summed E-state index contributed by atoms with van der Waals surface area (Å²) in [6, 6.07) is 10.3. The highest BCUT2D eigenvalue weighted by atomic mass is 32.1. The van der Waals surface area contributed by atoms with Gasteiger partial charge in [-0.3, -0.25) is 0 Å². The van der Waals surface area contributed by atoms with E-state index in [0.29, 0.717) is 0 Å². The van der Waals surface area contributed by atoms with Crippen molar-refractivity contribution >= 4 is 59.1 Å². The number of aromatic nitrogens is 2. The van der Waals surface area contributed by atoms with Crippen molar-refractivity contribution in [3.05, 3.63) is 59.7 Å². The molecule has 29 heavy (non-hydrogen) atoms. The van der Waals surface area contributed by atoms with Gasteiger partial charge in [0.25, 0.3) is 0 Å². The number of hydrogen-bond acceptors (Lipinski definition) is 5. The molecule has 3 nitrogen and oxygen atoms in total. The van der Waals surface area contributed by atoms with Crippen molar-refractivity contribution in [2.75, 3.05) is 0 Å². The Bertz CT molecular complexity index is 1420. The van der Waals surface area contributed by atoms with Crippen LogP contribution in [0.25, 0.3) is 47.7 Å². The number of phenolic OH excluding ortho intramolecular Hbond substituents is 1. The smallest absolute Gasteiger partial charge is 0.128 e. The molecule has 3 aromatic heterocycles. The Kier molecular flexibility index (Phi) is 4.02. The highest BCUT2D eigenvalue weighted by Crippen LogP contribution is 2.44. The van der Waals surface area contributed by atoms with E-state index in [0.717, 1.165) is 37.1 Å². The van der Waals surface area contributed by atoms with Crippen molar-refractivity contribution in [1.82, 2.24) is 9.97 Å². The molecule has 0 aliphatic carbocycles. The zero-order valence-corrected chi connectivity index (χ0v) is 18.1. The average Bonchev–Trinajstić information content (AvgIpc) is 3.30. The molecule has 5 aromatic rings. The molecule has 0 aliphatic rings. The van der Waals surface area contributed by atoms with E-state index in [4.69, 9.17) is 4.98 Å². The minimum atomic E-state index is 0.0204. The molecule has 144 valence electrons. The molecule has 5 heteroatoms. The quantitative estimate of drug-likeness (QED) is 0.327. The fourth-order valence-electron chi connectivity index (χ4n) is 3.91. The van der Waals surface area contributed by atoms with E-state index in [1.54, 1.807) is 41.1 Å². The van der Waals surface area contributed by atoms with Gasteiger partial charge >= 0.3 is 0 Å². The molecule has 0 amide bonds. The maximum atomic E-state index is 10.4. The molecule has 5 rings (SSSR count). The van der Waals surface area contributed by atoms with Crippen molar-refractivity contribution in [2.24, 2.45) is 0 Å². The minimum Gasteiger partial charge on any atom is -0.507 e. The first-order chi connectivity index (χ1) is 13.9. The maximum Gasteiger partial charge on any atom is 0.128 e. The van der Waals surface area contributed by atoms with Gasteiger partial charge in [0.2, 0.25) is 0 Å². The van der Waals surface area contributed by atoms with E-state index in [9.17, 15) is 5.11 Å². The van der Waals surface area contributed by atoms with Gasteiger partial charge in [-0.05, 0) is 52.1 Å². The summed E-state index contributed by atoms with van der Waals surface area (Å²) in [4.78, 5) is 10.1. The molecule has 0 saturated carbocycles. The number of nitrogens with zero attached hydrogens (tertiary/aromatic N) is 2. The van der Waals surface area contributed by atoms with Crippen molar-refractivity contribution in [3.8, 4) is 17.0 Å². The van der Waals surface area contributed by atoms with Crippen molar-refractivity contribution in [2.45, 2.75) is 26.2 Å². The molecule has 0 unspecified atom stereocenters. The van der Waals surface area contributed by atoms with Crippen molar-refractivity contribution < 1.29 is 5.11 Å². The molecule has 0 fully saturated rings. The normalized spacial score (nSPS) is 12.2. The van der Waals surface area contributed by atoms with Gasteiger partial charge in [0, 0.05) is 31.3 Å². The predicted octanol–water partition coefficient (Wildman–Crippen LogP) is 7.37. The van der Waals surface area contributed by atoms with E-state index in [2.05, 4.69) is 55.9 Å². The van der Waals surface area contributed by atoms with Crippen LogP contribution in [-0.2, 0) is 5.41 Å². The van der Waals surface area contributed by atoms with Crippen LogP contribution in [-0.4, -0.2) is 15.1 Å². The zero-order valence-electron chi connectivity index (χ0n) is 16.5. The molecule has 0 atom stereocenters. The number of phenols is 1. The van der Waals surface area contributed by atoms with Gasteiger partial charge < -0.3 is 5.11 Å². The molecule has 0 aliphatic heterocycles. The number of aromatic hydroxyl groups is 1. The molecule has 0 spiro atoms. The lowest BCUT2D eigenvalue weighted by Crippen LogP contribution is -2.11. The van der Waals surface area contributed by atoms with Gasteiger partial charge in [-0.2, -0.15) is 0 Å². The van der Waals surface area contributed by atoms with Crippen LogP contribution in [0.5, 0.6) is 5.75 Å². The van der Waals surface area contributed by atoms with Crippen LogP contribution in [0.4, 0.5) is 0 Å². The van der Waals surface area contributed by atoms with Gasteiger partial charge in [0.15, 0.2) is 0 Å². The van der Waals surface area contributed by atoms with Crippen molar-refractivity contribution in [3.63, 3.8) is 0 Å². The summed E-state index contributed by atoms with van der Waals surface area (Å²) >= 11 is 3.40. The largest absolute Gasteiger partial charge is 0.507 e. The van der Waals surface area contributed by atoms with Crippen LogP contribution in [0.2, 0.25) is 0 Å². The standard InChI is InChI=1S/C24H20N2OS2/c1-5-15-17(27)6-7-18-19(15)20-21(25-12-26-23(20)29-18)14-10-13-8-9-28-22(13)16(11-14)24(2,3)4/h5-12,27H,1H2,2-4H3. The molecule has 0 radical (unpaired) electrons. The Morgan fingerprint density at radius 1 is 1.07 bits per heavy atom. The second kappa shape index (κ2) is 6.37. The first kappa shape index (κ1) is 18.3. The highest BCUT2D eigenvalue weighted by Gasteiger charge is 2.22. The van der Waals surface area contributed by atoms with E-state index in [-0.39, 0.29) is 11.2 Å². The third kappa shape index (κ3) is 2.76. The molecule has 1 N–H and O–H groups in total. The summed E-state index contributed by atoms with van der Waals surface area (Å²) in [5.74, 6) is 0.227.